The van der Waals surface area contributed by atoms with Gasteiger partial charge in [0.05, 0.1) is 28.8 Å². The Balaban J connectivity index is 1.47. The lowest BCUT2D eigenvalue weighted by Crippen LogP contribution is -2.29. The first-order chi connectivity index (χ1) is 14.9. The van der Waals surface area contributed by atoms with Gasteiger partial charge in [-0.2, -0.15) is 5.10 Å². The third kappa shape index (κ3) is 2.80. The van der Waals surface area contributed by atoms with E-state index < -0.39 is 0 Å². The molecule has 1 aliphatic heterocycles. The maximum Gasteiger partial charge on any atom is 0.180 e. The first-order valence-electron chi connectivity index (χ1n) is 10.2. The minimum atomic E-state index is 0.700. The van der Waals surface area contributed by atoms with Crippen LogP contribution in [0.5, 0.6) is 0 Å². The summed E-state index contributed by atoms with van der Waals surface area (Å²) in [6.45, 7) is 2.13. The molecule has 0 amide bonds. The van der Waals surface area contributed by atoms with Gasteiger partial charge in [0.1, 0.15) is 11.2 Å². The highest BCUT2D eigenvalue weighted by Crippen LogP contribution is 2.31. The van der Waals surface area contributed by atoms with Crippen molar-refractivity contribution >= 4 is 27.8 Å². The van der Waals surface area contributed by atoms with Gasteiger partial charge in [0.2, 0.25) is 0 Å². The molecule has 0 radical (unpaired) electrons. The number of anilines is 1. The Kier molecular flexibility index (Phi) is 3.93. The lowest BCUT2D eigenvalue weighted by atomic mass is 10.1. The second kappa shape index (κ2) is 6.91. The molecule has 0 atom stereocenters. The number of pyridine rings is 3. The van der Waals surface area contributed by atoms with Crippen molar-refractivity contribution < 1.29 is 0 Å². The Morgan fingerprint density at radius 3 is 2.70 bits per heavy atom. The van der Waals surface area contributed by atoms with E-state index >= 15 is 0 Å². The fourth-order valence-corrected chi connectivity index (χ4v) is 4.16. The van der Waals surface area contributed by atoms with Crippen LogP contribution in [0.2, 0.25) is 0 Å². The Morgan fingerprint density at radius 1 is 0.900 bits per heavy atom. The Labute approximate surface area is 172 Å². The largest absolute Gasteiger partial charge is 0.370 e. The number of aromatic amines is 2. The third-order valence-corrected chi connectivity index (χ3v) is 5.67. The van der Waals surface area contributed by atoms with Crippen molar-refractivity contribution in [3.05, 3.63) is 48.9 Å². The molecular weight excluding hydrogens is 376 g/mol. The summed E-state index contributed by atoms with van der Waals surface area (Å²) in [5.41, 5.74) is 6.07. The summed E-state index contributed by atoms with van der Waals surface area (Å²) in [6, 6.07) is 9.87. The van der Waals surface area contributed by atoms with Crippen LogP contribution in [0.15, 0.2) is 48.9 Å². The molecule has 0 spiro atoms. The van der Waals surface area contributed by atoms with Crippen molar-refractivity contribution in [3.63, 3.8) is 0 Å². The maximum absolute atomic E-state index is 4.75. The van der Waals surface area contributed by atoms with Gasteiger partial charge in [-0.3, -0.25) is 15.1 Å². The molecule has 0 unspecified atom stereocenters. The highest BCUT2D eigenvalue weighted by atomic mass is 15.2. The number of hydrogen-bond donors (Lipinski definition) is 2. The van der Waals surface area contributed by atoms with Crippen molar-refractivity contribution in [3.8, 4) is 22.9 Å². The van der Waals surface area contributed by atoms with Crippen molar-refractivity contribution in [1.29, 1.82) is 0 Å². The van der Waals surface area contributed by atoms with Gasteiger partial charge >= 0.3 is 0 Å². The second-order valence-electron chi connectivity index (χ2n) is 7.56. The van der Waals surface area contributed by atoms with Crippen molar-refractivity contribution in [2.75, 3.05) is 18.0 Å². The Morgan fingerprint density at radius 2 is 1.83 bits per heavy atom. The summed E-state index contributed by atoms with van der Waals surface area (Å²) in [5, 5.41) is 8.53. The van der Waals surface area contributed by atoms with Crippen LogP contribution in [0.1, 0.15) is 19.3 Å². The summed E-state index contributed by atoms with van der Waals surface area (Å²) in [5.74, 6) is 0.700. The Bertz CT molecular complexity index is 1330. The van der Waals surface area contributed by atoms with Crippen molar-refractivity contribution in [2.24, 2.45) is 0 Å². The SMILES string of the molecule is c1ccc(-c2cc3c(-c4nc5nccc(N6CCCCC6)c5[nH]4)n[nH]c3cn2)nc1. The lowest BCUT2D eigenvalue weighted by molar-refractivity contribution is 0.578. The second-order valence-corrected chi connectivity index (χ2v) is 7.56. The van der Waals surface area contributed by atoms with Gasteiger partial charge in [-0.25, -0.2) is 9.97 Å². The normalized spacial score (nSPS) is 14.6. The minimum Gasteiger partial charge on any atom is -0.370 e. The quantitative estimate of drug-likeness (QED) is 0.479. The predicted octanol–water partition coefficient (Wildman–Crippen LogP) is 3.95. The van der Waals surface area contributed by atoms with E-state index in [9.17, 15) is 0 Å². The summed E-state index contributed by atoms with van der Waals surface area (Å²) in [6.07, 6.45) is 9.13. The van der Waals surface area contributed by atoms with Crippen molar-refractivity contribution in [1.82, 2.24) is 35.1 Å². The maximum atomic E-state index is 4.75. The number of nitrogens with one attached hydrogen (secondary N) is 2. The molecule has 148 valence electrons. The fraction of sp³-hybridized carbons (Fsp3) is 0.227. The highest BCUT2D eigenvalue weighted by molar-refractivity contribution is 5.95. The standard InChI is InChI=1S/C22H20N8/c1-4-10-30(11-5-1)18-7-9-24-21-20(18)26-22(27-21)19-14-12-16(15-6-2-3-8-23-15)25-13-17(14)28-29-19/h2-3,6-9,12-13H,1,4-5,10-11H2,(H,28,29)(H,24,26,27). The van der Waals surface area contributed by atoms with E-state index in [0.29, 0.717) is 11.5 Å². The molecule has 6 heterocycles. The number of aromatic nitrogens is 7. The van der Waals surface area contributed by atoms with Gasteiger partial charge in [-0.05, 0) is 43.5 Å². The molecule has 8 heteroatoms. The number of H-pyrrole nitrogens is 2. The van der Waals surface area contributed by atoms with E-state index in [1.54, 1.807) is 12.4 Å². The van der Waals surface area contributed by atoms with E-state index in [1.165, 1.54) is 19.3 Å². The monoisotopic (exact) mass is 396 g/mol. The van der Waals surface area contributed by atoms with Gasteiger partial charge in [0.15, 0.2) is 11.5 Å². The van der Waals surface area contributed by atoms with Gasteiger partial charge in [-0.1, -0.05) is 6.07 Å². The summed E-state index contributed by atoms with van der Waals surface area (Å²) >= 11 is 0. The fourth-order valence-electron chi connectivity index (χ4n) is 4.16. The number of nitrogens with zero attached hydrogens (tertiary/aromatic N) is 6. The van der Waals surface area contributed by atoms with Crippen LogP contribution in [0.3, 0.4) is 0 Å². The molecular formula is C22H20N8. The lowest BCUT2D eigenvalue weighted by Gasteiger charge is -2.28. The van der Waals surface area contributed by atoms with E-state index in [1.807, 2.05) is 30.5 Å². The van der Waals surface area contributed by atoms with Crippen LogP contribution >= 0.6 is 0 Å². The van der Waals surface area contributed by atoms with Crippen LogP contribution < -0.4 is 4.90 Å². The van der Waals surface area contributed by atoms with Crippen LogP contribution in [-0.4, -0.2) is 48.2 Å². The number of fused-ring (bicyclic) bond motifs is 2. The first kappa shape index (κ1) is 17.1. The zero-order chi connectivity index (χ0) is 19.9. The van der Waals surface area contributed by atoms with Crippen LogP contribution in [0.4, 0.5) is 5.69 Å². The Hall–Kier alpha value is -3.81. The molecule has 0 bridgehead atoms. The minimum absolute atomic E-state index is 0.700. The summed E-state index contributed by atoms with van der Waals surface area (Å²) in [4.78, 5) is 24.1. The zero-order valence-electron chi connectivity index (χ0n) is 16.3. The average Bonchev–Trinajstić information content (AvgIpc) is 3.43. The molecule has 0 aromatic carbocycles. The molecule has 8 nitrogen and oxygen atoms in total. The predicted molar refractivity (Wildman–Crippen MR) is 116 cm³/mol. The van der Waals surface area contributed by atoms with Crippen LogP contribution in [-0.2, 0) is 0 Å². The molecule has 5 aromatic heterocycles. The van der Waals surface area contributed by atoms with E-state index in [2.05, 4.69) is 41.1 Å². The number of piperidine rings is 1. The molecule has 2 N–H and O–H groups in total. The van der Waals surface area contributed by atoms with Crippen LogP contribution in [0, 0.1) is 0 Å². The molecule has 1 aliphatic rings. The van der Waals surface area contributed by atoms with E-state index in [0.717, 1.165) is 52.3 Å². The number of imidazole rings is 1. The average molecular weight is 396 g/mol. The molecule has 1 saturated heterocycles. The number of hydrogen-bond acceptors (Lipinski definition) is 6. The summed E-state index contributed by atoms with van der Waals surface area (Å²) < 4.78 is 0. The highest BCUT2D eigenvalue weighted by Gasteiger charge is 2.19. The van der Waals surface area contributed by atoms with Gasteiger partial charge in [-0.15, -0.1) is 0 Å². The zero-order valence-corrected chi connectivity index (χ0v) is 16.3. The smallest absolute Gasteiger partial charge is 0.180 e. The van der Waals surface area contributed by atoms with E-state index in [4.69, 9.17) is 4.98 Å². The first-order valence-corrected chi connectivity index (χ1v) is 10.2. The molecule has 0 aliphatic carbocycles. The molecule has 0 saturated carbocycles. The third-order valence-electron chi connectivity index (χ3n) is 5.67. The van der Waals surface area contributed by atoms with Gasteiger partial charge < -0.3 is 9.88 Å². The number of rotatable bonds is 3. The molecule has 1 fully saturated rings. The molecule has 30 heavy (non-hydrogen) atoms. The summed E-state index contributed by atoms with van der Waals surface area (Å²) in [7, 11) is 0. The van der Waals surface area contributed by atoms with Crippen molar-refractivity contribution in [2.45, 2.75) is 19.3 Å². The molecule has 6 rings (SSSR count). The van der Waals surface area contributed by atoms with E-state index in [-0.39, 0.29) is 0 Å². The molecule has 5 aromatic rings. The van der Waals surface area contributed by atoms with Crippen LogP contribution in [0.25, 0.3) is 45.0 Å². The van der Waals surface area contributed by atoms with Gasteiger partial charge in [0, 0.05) is 30.9 Å². The van der Waals surface area contributed by atoms with Gasteiger partial charge in [0.25, 0.3) is 0 Å². The topological polar surface area (TPSA) is 99.3 Å².